The molecule has 1 N–H and O–H groups in total. The van der Waals surface area contributed by atoms with E-state index in [9.17, 15) is 9.59 Å². The maximum absolute atomic E-state index is 13.5. The van der Waals surface area contributed by atoms with Gasteiger partial charge in [0.25, 0.3) is 5.91 Å². The maximum atomic E-state index is 13.5. The van der Waals surface area contributed by atoms with Crippen molar-refractivity contribution in [2.24, 2.45) is 0 Å². The van der Waals surface area contributed by atoms with E-state index in [1.54, 1.807) is 37.4 Å². The van der Waals surface area contributed by atoms with Gasteiger partial charge >= 0.3 is 0 Å². The first kappa shape index (κ1) is 23.1. The molecule has 6 heteroatoms. The summed E-state index contributed by atoms with van der Waals surface area (Å²) in [5, 5.41) is 3.29. The second-order valence-corrected chi connectivity index (χ2v) is 8.12. The monoisotopic (exact) mass is 457 g/mol. The molecule has 0 aliphatic heterocycles. The number of aryl methyl sites for hydroxylation is 3. The number of para-hydroxylation sites is 1. The Labute approximate surface area is 198 Å². The second-order valence-electron chi connectivity index (χ2n) is 8.12. The summed E-state index contributed by atoms with van der Waals surface area (Å²) in [6, 6.07) is 18.5. The fraction of sp³-hybridized carbons (Fsp3) is 0.214. The van der Waals surface area contributed by atoms with Crippen LogP contribution >= 0.6 is 0 Å². The van der Waals surface area contributed by atoms with Gasteiger partial charge in [-0.25, -0.2) is 0 Å². The molecule has 0 radical (unpaired) electrons. The molecule has 6 nitrogen and oxygen atoms in total. The van der Waals surface area contributed by atoms with Gasteiger partial charge in [-0.3, -0.25) is 9.59 Å². The van der Waals surface area contributed by atoms with Gasteiger partial charge in [0, 0.05) is 11.3 Å². The zero-order chi connectivity index (χ0) is 24.2. The average Bonchev–Trinajstić information content (AvgIpc) is 2.84. The predicted octanol–water partition coefficient (Wildman–Crippen LogP) is 5.67. The molecule has 4 rings (SSSR count). The standard InChI is InChI=1S/C28H27NO5/c1-5-19-8-6-7-9-23(19)29-24(30)16-33-28-25(31)22-15-17(2)14-18(3)26(22)34-27(28)20-10-12-21(32-4)13-11-20/h6-15H,5,16H2,1-4H3,(H,29,30). The zero-order valence-corrected chi connectivity index (χ0v) is 19.7. The molecule has 1 amide bonds. The van der Waals surface area contributed by atoms with Gasteiger partial charge in [0.05, 0.1) is 12.5 Å². The van der Waals surface area contributed by atoms with Crippen LogP contribution in [0.1, 0.15) is 23.6 Å². The van der Waals surface area contributed by atoms with Gasteiger partial charge in [-0.2, -0.15) is 0 Å². The molecule has 4 aromatic rings. The molecule has 1 heterocycles. The summed E-state index contributed by atoms with van der Waals surface area (Å²) in [4.78, 5) is 26.2. The number of carbonyl (C=O) groups excluding carboxylic acids is 1. The molecule has 0 saturated carbocycles. The largest absolute Gasteiger partial charge is 0.497 e. The van der Waals surface area contributed by atoms with Crippen molar-refractivity contribution in [1.29, 1.82) is 0 Å². The quantitative estimate of drug-likeness (QED) is 0.387. The lowest BCUT2D eigenvalue weighted by Crippen LogP contribution is -2.23. The van der Waals surface area contributed by atoms with Crippen molar-refractivity contribution in [2.75, 3.05) is 19.0 Å². The Morgan fingerprint density at radius 1 is 1.03 bits per heavy atom. The number of hydrogen-bond donors (Lipinski definition) is 1. The third-order valence-corrected chi connectivity index (χ3v) is 5.65. The number of rotatable bonds is 7. The second kappa shape index (κ2) is 9.83. The van der Waals surface area contributed by atoms with Crippen LogP contribution in [0.5, 0.6) is 11.5 Å². The van der Waals surface area contributed by atoms with Gasteiger partial charge < -0.3 is 19.2 Å². The Hall–Kier alpha value is -4.06. The van der Waals surface area contributed by atoms with Gasteiger partial charge in [-0.15, -0.1) is 0 Å². The van der Waals surface area contributed by atoms with Crippen molar-refractivity contribution in [2.45, 2.75) is 27.2 Å². The molecule has 0 bridgehead atoms. The van der Waals surface area contributed by atoms with E-state index in [4.69, 9.17) is 13.9 Å². The van der Waals surface area contributed by atoms with Crippen LogP contribution in [-0.2, 0) is 11.2 Å². The Kier molecular flexibility index (Phi) is 6.68. The number of hydrogen-bond acceptors (Lipinski definition) is 5. The molecule has 0 aliphatic rings. The van der Waals surface area contributed by atoms with E-state index >= 15 is 0 Å². The third kappa shape index (κ3) is 4.66. The van der Waals surface area contributed by atoms with Crippen LogP contribution in [0, 0.1) is 13.8 Å². The fourth-order valence-corrected chi connectivity index (χ4v) is 3.97. The van der Waals surface area contributed by atoms with E-state index < -0.39 is 0 Å². The number of amides is 1. The highest BCUT2D eigenvalue weighted by atomic mass is 16.5. The highest BCUT2D eigenvalue weighted by Crippen LogP contribution is 2.33. The Morgan fingerprint density at radius 2 is 1.76 bits per heavy atom. The highest BCUT2D eigenvalue weighted by molar-refractivity contribution is 5.93. The summed E-state index contributed by atoms with van der Waals surface area (Å²) < 4.78 is 17.3. The first-order valence-corrected chi connectivity index (χ1v) is 11.1. The van der Waals surface area contributed by atoms with Crippen molar-refractivity contribution >= 4 is 22.6 Å². The van der Waals surface area contributed by atoms with Crippen LogP contribution in [0.25, 0.3) is 22.3 Å². The number of benzene rings is 3. The fourth-order valence-electron chi connectivity index (χ4n) is 3.97. The molecule has 0 aliphatic carbocycles. The molecule has 34 heavy (non-hydrogen) atoms. The normalized spacial score (nSPS) is 10.8. The van der Waals surface area contributed by atoms with Crippen LogP contribution < -0.4 is 20.2 Å². The van der Waals surface area contributed by atoms with E-state index in [-0.39, 0.29) is 29.5 Å². The molecule has 0 unspecified atom stereocenters. The van der Waals surface area contributed by atoms with E-state index in [1.807, 2.05) is 51.1 Å². The number of ether oxygens (including phenoxy) is 2. The lowest BCUT2D eigenvalue weighted by Gasteiger charge is -2.14. The average molecular weight is 458 g/mol. The SMILES string of the molecule is CCc1ccccc1NC(=O)COc1c(-c2ccc(OC)cc2)oc2c(C)cc(C)cc2c1=O. The maximum Gasteiger partial charge on any atom is 0.262 e. The number of methoxy groups -OCH3 is 1. The van der Waals surface area contributed by atoms with E-state index in [0.29, 0.717) is 22.3 Å². The van der Waals surface area contributed by atoms with Gasteiger partial charge in [0.2, 0.25) is 11.2 Å². The number of fused-ring (bicyclic) bond motifs is 1. The molecule has 174 valence electrons. The number of carbonyl (C=O) groups is 1. The Bertz CT molecular complexity index is 1400. The zero-order valence-electron chi connectivity index (χ0n) is 19.7. The highest BCUT2D eigenvalue weighted by Gasteiger charge is 2.20. The third-order valence-electron chi connectivity index (χ3n) is 5.65. The minimum atomic E-state index is -0.360. The molecular formula is C28H27NO5. The smallest absolute Gasteiger partial charge is 0.262 e. The Balaban J connectivity index is 1.73. The van der Waals surface area contributed by atoms with Crippen molar-refractivity contribution in [3.63, 3.8) is 0 Å². The van der Waals surface area contributed by atoms with Crippen LogP contribution in [0.15, 0.2) is 69.9 Å². The molecular weight excluding hydrogens is 430 g/mol. The van der Waals surface area contributed by atoms with Crippen LogP contribution in [-0.4, -0.2) is 19.6 Å². The van der Waals surface area contributed by atoms with Gasteiger partial charge in [0.1, 0.15) is 11.3 Å². The minimum absolute atomic E-state index is 0.00148. The van der Waals surface area contributed by atoms with Gasteiger partial charge in [0.15, 0.2) is 12.4 Å². The van der Waals surface area contributed by atoms with Crippen molar-refractivity contribution in [3.8, 4) is 22.8 Å². The van der Waals surface area contributed by atoms with Crippen LogP contribution in [0.4, 0.5) is 5.69 Å². The summed E-state index contributed by atoms with van der Waals surface area (Å²) >= 11 is 0. The number of nitrogens with one attached hydrogen (secondary N) is 1. The van der Waals surface area contributed by atoms with Crippen molar-refractivity contribution in [3.05, 3.63) is 87.6 Å². The first-order chi connectivity index (χ1) is 16.4. The van der Waals surface area contributed by atoms with Gasteiger partial charge in [-0.05, 0) is 73.4 Å². The molecule has 0 atom stereocenters. The van der Waals surface area contributed by atoms with Gasteiger partial charge in [-0.1, -0.05) is 31.2 Å². The lowest BCUT2D eigenvalue weighted by atomic mass is 10.1. The molecule has 1 aromatic heterocycles. The summed E-state index contributed by atoms with van der Waals surface area (Å²) in [6.45, 7) is 5.51. The predicted molar refractivity (Wildman–Crippen MR) is 134 cm³/mol. The molecule has 0 saturated heterocycles. The Morgan fingerprint density at radius 3 is 2.47 bits per heavy atom. The molecule has 0 spiro atoms. The summed E-state index contributed by atoms with van der Waals surface area (Å²) in [5.74, 6) is 0.590. The number of anilines is 1. The summed E-state index contributed by atoms with van der Waals surface area (Å²) in [5.41, 5.74) is 4.36. The van der Waals surface area contributed by atoms with Crippen molar-refractivity contribution < 1.29 is 18.7 Å². The van der Waals surface area contributed by atoms with E-state index in [2.05, 4.69) is 5.32 Å². The minimum Gasteiger partial charge on any atom is -0.497 e. The summed E-state index contributed by atoms with van der Waals surface area (Å²) in [7, 11) is 1.58. The first-order valence-electron chi connectivity index (χ1n) is 11.1. The van der Waals surface area contributed by atoms with Crippen LogP contribution in [0.2, 0.25) is 0 Å². The van der Waals surface area contributed by atoms with E-state index in [1.165, 1.54) is 0 Å². The van der Waals surface area contributed by atoms with Crippen LogP contribution in [0.3, 0.4) is 0 Å². The van der Waals surface area contributed by atoms with Crippen molar-refractivity contribution in [1.82, 2.24) is 0 Å². The lowest BCUT2D eigenvalue weighted by molar-refractivity contribution is -0.118. The summed E-state index contributed by atoms with van der Waals surface area (Å²) in [6.07, 6.45) is 0.784. The molecule has 3 aromatic carbocycles. The topological polar surface area (TPSA) is 77.8 Å². The van der Waals surface area contributed by atoms with E-state index in [0.717, 1.165) is 28.8 Å². The molecule has 0 fully saturated rings.